The number of benzene rings is 2. The lowest BCUT2D eigenvalue weighted by atomic mass is 10.2. The Kier molecular flexibility index (Phi) is 4.85. The van der Waals surface area contributed by atoms with Crippen molar-refractivity contribution in [1.29, 1.82) is 0 Å². The third-order valence-corrected chi connectivity index (χ3v) is 4.39. The van der Waals surface area contributed by atoms with Crippen LogP contribution in [-0.4, -0.2) is 11.2 Å². The van der Waals surface area contributed by atoms with Crippen molar-refractivity contribution in [3.63, 3.8) is 0 Å². The van der Waals surface area contributed by atoms with E-state index in [0.29, 0.717) is 26.3 Å². The Labute approximate surface area is 150 Å². The molecule has 8 heteroatoms. The Morgan fingerprint density at radius 2 is 1.88 bits per heavy atom. The summed E-state index contributed by atoms with van der Waals surface area (Å²) in [4.78, 5) is 23.7. The van der Waals surface area contributed by atoms with E-state index in [0.717, 1.165) is 0 Å². The third kappa shape index (κ3) is 3.29. The summed E-state index contributed by atoms with van der Waals surface area (Å²) in [6.45, 7) is 0.287. The van der Waals surface area contributed by atoms with Gasteiger partial charge in [-0.25, -0.2) is 9.59 Å². The Hall–Kier alpha value is -1.95. The van der Waals surface area contributed by atoms with Gasteiger partial charge in [-0.05, 0) is 30.3 Å². The molecule has 3 rings (SSSR count). The summed E-state index contributed by atoms with van der Waals surface area (Å²) in [6, 6.07) is 9.64. The Bertz CT molecular complexity index is 1030. The molecular weight excluding hydrogens is 377 g/mol. The van der Waals surface area contributed by atoms with E-state index in [9.17, 15) is 9.59 Å². The largest absolute Gasteiger partial charge is 0.490 e. The monoisotopic (exact) mass is 385 g/mol. The highest BCUT2D eigenvalue weighted by atomic mass is 35.5. The minimum atomic E-state index is -0.768. The average Bonchev–Trinajstić information content (AvgIpc) is 2.54. The Morgan fingerprint density at radius 1 is 1.08 bits per heavy atom. The van der Waals surface area contributed by atoms with Crippen LogP contribution in [0.4, 0.5) is 0 Å². The van der Waals surface area contributed by atoms with Crippen LogP contribution >= 0.6 is 34.8 Å². The molecule has 2 aromatic carbocycles. The quantitative estimate of drug-likeness (QED) is 0.680. The van der Waals surface area contributed by atoms with E-state index in [1.54, 1.807) is 30.3 Å². The highest BCUT2D eigenvalue weighted by molar-refractivity contribution is 6.42. The zero-order valence-electron chi connectivity index (χ0n) is 12.1. The molecule has 0 N–H and O–H groups in total. The second-order valence-corrected chi connectivity index (χ2v) is 6.09. The van der Waals surface area contributed by atoms with E-state index < -0.39 is 11.4 Å². The van der Waals surface area contributed by atoms with E-state index in [1.165, 1.54) is 10.6 Å². The fourth-order valence-corrected chi connectivity index (χ4v) is 2.77. The standard InChI is InChI=1S/C16H10Cl3NO4/c17-9-4-5-12-10(8-9)15(21)24-16(22)20(12)6-7-23-13-3-1-2-11(18)14(13)19/h1-5,8H,6-7H2. The van der Waals surface area contributed by atoms with Gasteiger partial charge in [0.1, 0.15) is 17.4 Å². The lowest BCUT2D eigenvalue weighted by Crippen LogP contribution is -2.27. The molecule has 124 valence electrons. The number of halogens is 3. The van der Waals surface area contributed by atoms with Crippen molar-refractivity contribution >= 4 is 45.7 Å². The van der Waals surface area contributed by atoms with Crippen molar-refractivity contribution in [3.05, 3.63) is 72.4 Å². The van der Waals surface area contributed by atoms with E-state index in [-0.39, 0.29) is 18.5 Å². The molecule has 1 aromatic heterocycles. The molecule has 1 heterocycles. The summed E-state index contributed by atoms with van der Waals surface area (Å²) in [5, 5.41) is 1.27. The van der Waals surface area contributed by atoms with Crippen LogP contribution < -0.4 is 16.1 Å². The molecule has 0 fully saturated rings. The smallest absolute Gasteiger partial charge is 0.422 e. The number of nitrogens with zero attached hydrogens (tertiary/aromatic N) is 1. The number of fused-ring (bicyclic) bond motifs is 1. The van der Waals surface area contributed by atoms with Crippen LogP contribution in [0.15, 0.2) is 50.4 Å². The zero-order valence-corrected chi connectivity index (χ0v) is 14.4. The lowest BCUT2D eigenvalue weighted by Gasteiger charge is -2.11. The van der Waals surface area contributed by atoms with Crippen LogP contribution in [0.5, 0.6) is 5.75 Å². The molecule has 0 bridgehead atoms. The highest BCUT2D eigenvalue weighted by Crippen LogP contribution is 2.31. The van der Waals surface area contributed by atoms with Crippen LogP contribution in [0.3, 0.4) is 0 Å². The summed E-state index contributed by atoms with van der Waals surface area (Å²) in [5.74, 6) is -0.363. The van der Waals surface area contributed by atoms with Gasteiger partial charge >= 0.3 is 11.4 Å². The van der Waals surface area contributed by atoms with E-state index in [1.807, 2.05) is 0 Å². The molecule has 0 spiro atoms. The summed E-state index contributed by atoms with van der Waals surface area (Å²) in [5.41, 5.74) is -0.311. The molecule has 0 aliphatic rings. The maximum Gasteiger partial charge on any atom is 0.422 e. The van der Waals surface area contributed by atoms with Crippen molar-refractivity contribution in [3.8, 4) is 5.75 Å². The van der Waals surface area contributed by atoms with Gasteiger partial charge in [-0.3, -0.25) is 4.57 Å². The van der Waals surface area contributed by atoms with Gasteiger partial charge < -0.3 is 9.15 Å². The molecule has 0 unspecified atom stereocenters. The van der Waals surface area contributed by atoms with Gasteiger partial charge in [-0.1, -0.05) is 40.9 Å². The number of hydrogen-bond donors (Lipinski definition) is 0. The molecule has 0 aliphatic heterocycles. The van der Waals surface area contributed by atoms with E-state index in [2.05, 4.69) is 0 Å². The summed E-state index contributed by atoms with van der Waals surface area (Å²) in [7, 11) is 0. The molecule has 0 saturated heterocycles. The first-order valence-corrected chi connectivity index (χ1v) is 8.01. The Morgan fingerprint density at radius 3 is 2.67 bits per heavy atom. The van der Waals surface area contributed by atoms with Crippen LogP contribution in [0, 0.1) is 0 Å². The first-order chi connectivity index (χ1) is 11.5. The molecule has 0 radical (unpaired) electrons. The average molecular weight is 387 g/mol. The molecular formula is C16H10Cl3NO4. The summed E-state index contributed by atoms with van der Waals surface area (Å²) >= 11 is 17.8. The van der Waals surface area contributed by atoms with Gasteiger partial charge in [0.15, 0.2) is 0 Å². The molecule has 0 saturated carbocycles. The number of rotatable bonds is 4. The molecule has 3 aromatic rings. The van der Waals surface area contributed by atoms with Crippen LogP contribution in [-0.2, 0) is 6.54 Å². The molecule has 0 amide bonds. The lowest BCUT2D eigenvalue weighted by molar-refractivity contribution is 0.287. The van der Waals surface area contributed by atoms with Crippen molar-refractivity contribution < 1.29 is 9.15 Å². The fraction of sp³-hybridized carbons (Fsp3) is 0.125. The van der Waals surface area contributed by atoms with E-state index in [4.69, 9.17) is 44.0 Å². The maximum atomic E-state index is 12.0. The normalized spacial score (nSPS) is 11.0. The topological polar surface area (TPSA) is 61.4 Å². The predicted molar refractivity (Wildman–Crippen MR) is 93.7 cm³/mol. The van der Waals surface area contributed by atoms with Crippen molar-refractivity contribution in [1.82, 2.24) is 4.57 Å². The van der Waals surface area contributed by atoms with Gasteiger partial charge in [0, 0.05) is 5.02 Å². The first kappa shape index (κ1) is 16.9. The fourth-order valence-electron chi connectivity index (χ4n) is 2.25. The van der Waals surface area contributed by atoms with Gasteiger partial charge in [0.05, 0.1) is 22.5 Å². The molecule has 0 aliphatic carbocycles. The second kappa shape index (κ2) is 6.89. The number of ether oxygens (including phenoxy) is 1. The first-order valence-electron chi connectivity index (χ1n) is 6.87. The van der Waals surface area contributed by atoms with Crippen molar-refractivity contribution in [2.45, 2.75) is 6.54 Å². The molecule has 24 heavy (non-hydrogen) atoms. The molecule has 0 atom stereocenters. The summed E-state index contributed by atoms with van der Waals surface area (Å²) in [6.07, 6.45) is 0. The number of hydrogen-bond acceptors (Lipinski definition) is 4. The second-order valence-electron chi connectivity index (χ2n) is 4.87. The van der Waals surface area contributed by atoms with Crippen LogP contribution in [0.25, 0.3) is 10.9 Å². The predicted octanol–water partition coefficient (Wildman–Crippen LogP) is 3.99. The SMILES string of the molecule is O=c1oc(=O)n(CCOc2cccc(Cl)c2Cl)c2ccc(Cl)cc12. The Balaban J connectivity index is 1.89. The third-order valence-electron chi connectivity index (χ3n) is 3.36. The maximum absolute atomic E-state index is 12.0. The van der Waals surface area contributed by atoms with Gasteiger partial charge in [-0.2, -0.15) is 0 Å². The van der Waals surface area contributed by atoms with Gasteiger partial charge in [0.2, 0.25) is 0 Å². The van der Waals surface area contributed by atoms with Crippen molar-refractivity contribution in [2.75, 3.05) is 6.61 Å². The van der Waals surface area contributed by atoms with Crippen LogP contribution in [0.1, 0.15) is 0 Å². The van der Waals surface area contributed by atoms with Crippen LogP contribution in [0.2, 0.25) is 15.1 Å². The minimum absolute atomic E-state index is 0.130. The van der Waals surface area contributed by atoms with E-state index >= 15 is 0 Å². The zero-order chi connectivity index (χ0) is 17.3. The minimum Gasteiger partial charge on any atom is -0.490 e. The van der Waals surface area contributed by atoms with Gasteiger partial charge in [-0.15, -0.1) is 0 Å². The molecule has 5 nitrogen and oxygen atoms in total. The number of aromatic nitrogens is 1. The van der Waals surface area contributed by atoms with Crippen molar-refractivity contribution in [2.24, 2.45) is 0 Å². The van der Waals surface area contributed by atoms with Gasteiger partial charge in [0.25, 0.3) is 0 Å². The summed E-state index contributed by atoms with van der Waals surface area (Å²) < 4.78 is 11.6. The highest BCUT2D eigenvalue weighted by Gasteiger charge is 2.11.